The standard InChI is InChI=1S/C32H48/c1-3-5-7-9-11-15-25-31(29-21-17-13-18-22-29)27-28-32(30-23-19-14-20-24-30)26-16-12-10-8-6-4-2/h13-14,17-24,27-28,31-32H,3-12,15-16,25-26H2,1-2H3/b28-27-. The Balaban J connectivity index is 1.99. The Hall–Kier alpha value is -1.82. The van der Waals surface area contributed by atoms with Gasteiger partial charge in [0.25, 0.3) is 0 Å². The fraction of sp³-hybridized carbons (Fsp3) is 0.562. The Labute approximate surface area is 199 Å². The first kappa shape index (κ1) is 26.4. The summed E-state index contributed by atoms with van der Waals surface area (Å²) in [6.07, 6.45) is 24.0. The molecule has 0 N–H and O–H groups in total. The molecule has 0 radical (unpaired) electrons. The SMILES string of the molecule is CCCCCCCCC(/C=C\C(CCCCCCCC)c1ccccc1)c1ccccc1. The summed E-state index contributed by atoms with van der Waals surface area (Å²) in [7, 11) is 0. The smallest absolute Gasteiger partial charge is 0.00181 e. The van der Waals surface area contributed by atoms with Crippen molar-refractivity contribution in [3.63, 3.8) is 0 Å². The molecule has 0 aromatic heterocycles. The lowest BCUT2D eigenvalue weighted by molar-refractivity contribution is 0.565. The normalized spacial score (nSPS) is 13.4. The van der Waals surface area contributed by atoms with Crippen LogP contribution in [0.15, 0.2) is 72.8 Å². The van der Waals surface area contributed by atoms with Crippen LogP contribution in [0.25, 0.3) is 0 Å². The maximum atomic E-state index is 2.54. The van der Waals surface area contributed by atoms with Crippen LogP contribution in [0, 0.1) is 0 Å². The van der Waals surface area contributed by atoms with E-state index in [1.165, 1.54) is 101 Å². The van der Waals surface area contributed by atoms with E-state index in [2.05, 4.69) is 86.7 Å². The van der Waals surface area contributed by atoms with Crippen LogP contribution < -0.4 is 0 Å². The van der Waals surface area contributed by atoms with E-state index in [1.54, 1.807) is 0 Å². The highest BCUT2D eigenvalue weighted by atomic mass is 14.2. The minimum absolute atomic E-state index is 0.540. The fourth-order valence-electron chi connectivity index (χ4n) is 4.71. The maximum Gasteiger partial charge on any atom is 0.00181 e. The van der Waals surface area contributed by atoms with E-state index < -0.39 is 0 Å². The van der Waals surface area contributed by atoms with Gasteiger partial charge in [-0.15, -0.1) is 0 Å². The second kappa shape index (κ2) is 17.7. The minimum Gasteiger partial charge on any atom is -0.0804 e. The molecule has 0 spiro atoms. The molecule has 0 heteroatoms. The van der Waals surface area contributed by atoms with Crippen LogP contribution in [0.4, 0.5) is 0 Å². The topological polar surface area (TPSA) is 0 Å². The molecule has 0 heterocycles. The van der Waals surface area contributed by atoms with Gasteiger partial charge >= 0.3 is 0 Å². The number of benzene rings is 2. The molecule has 2 unspecified atom stereocenters. The van der Waals surface area contributed by atoms with Crippen molar-refractivity contribution in [1.29, 1.82) is 0 Å². The van der Waals surface area contributed by atoms with Crippen LogP contribution in [0.1, 0.15) is 127 Å². The molecule has 2 aromatic carbocycles. The molecule has 176 valence electrons. The van der Waals surface area contributed by atoms with E-state index >= 15 is 0 Å². The van der Waals surface area contributed by atoms with Crippen molar-refractivity contribution in [2.75, 3.05) is 0 Å². The van der Waals surface area contributed by atoms with Gasteiger partial charge in [-0.3, -0.25) is 0 Å². The minimum atomic E-state index is 0.540. The number of hydrogen-bond acceptors (Lipinski definition) is 0. The molecular formula is C32H48. The highest BCUT2D eigenvalue weighted by Crippen LogP contribution is 2.29. The molecule has 0 fully saturated rings. The van der Waals surface area contributed by atoms with Crippen molar-refractivity contribution in [1.82, 2.24) is 0 Å². The van der Waals surface area contributed by atoms with E-state index in [0.717, 1.165) is 0 Å². The van der Waals surface area contributed by atoms with Crippen molar-refractivity contribution in [3.8, 4) is 0 Å². The van der Waals surface area contributed by atoms with Crippen LogP contribution >= 0.6 is 0 Å². The monoisotopic (exact) mass is 432 g/mol. The van der Waals surface area contributed by atoms with Gasteiger partial charge in [0.15, 0.2) is 0 Å². The van der Waals surface area contributed by atoms with Gasteiger partial charge in [0, 0.05) is 11.8 Å². The zero-order valence-electron chi connectivity index (χ0n) is 21.0. The third kappa shape index (κ3) is 11.2. The molecule has 0 aliphatic rings. The third-order valence-corrected chi connectivity index (χ3v) is 6.77. The Bertz CT molecular complexity index is 623. The van der Waals surface area contributed by atoms with Crippen LogP contribution in [0.2, 0.25) is 0 Å². The summed E-state index contributed by atoms with van der Waals surface area (Å²) in [5, 5.41) is 0. The highest BCUT2D eigenvalue weighted by molar-refractivity contribution is 5.28. The molecule has 0 bridgehead atoms. The molecule has 2 rings (SSSR count). The molecule has 2 atom stereocenters. The van der Waals surface area contributed by atoms with Crippen molar-refractivity contribution >= 4 is 0 Å². The predicted molar refractivity (Wildman–Crippen MR) is 143 cm³/mol. The molecule has 0 saturated carbocycles. The summed E-state index contributed by atoms with van der Waals surface area (Å²) in [6.45, 7) is 4.59. The molecule has 0 saturated heterocycles. The summed E-state index contributed by atoms with van der Waals surface area (Å²) < 4.78 is 0. The molecule has 2 aromatic rings. The summed E-state index contributed by atoms with van der Waals surface area (Å²) in [4.78, 5) is 0. The van der Waals surface area contributed by atoms with Gasteiger partial charge in [0.2, 0.25) is 0 Å². The predicted octanol–water partition coefficient (Wildman–Crippen LogP) is 10.6. The second-order valence-electron chi connectivity index (χ2n) is 9.53. The molecule has 0 aliphatic heterocycles. The first-order valence-electron chi connectivity index (χ1n) is 13.6. The van der Waals surface area contributed by atoms with E-state index in [1.807, 2.05) is 0 Å². The third-order valence-electron chi connectivity index (χ3n) is 6.77. The largest absolute Gasteiger partial charge is 0.0804 e. The second-order valence-corrected chi connectivity index (χ2v) is 9.53. The Morgan fingerprint density at radius 2 is 0.812 bits per heavy atom. The lowest BCUT2D eigenvalue weighted by Gasteiger charge is -2.17. The molecule has 32 heavy (non-hydrogen) atoms. The van der Waals surface area contributed by atoms with Gasteiger partial charge in [-0.05, 0) is 24.0 Å². The van der Waals surface area contributed by atoms with Crippen LogP contribution in [-0.4, -0.2) is 0 Å². The summed E-state index contributed by atoms with van der Waals surface area (Å²) in [6, 6.07) is 22.3. The zero-order chi connectivity index (χ0) is 22.7. The van der Waals surface area contributed by atoms with Gasteiger partial charge in [0.1, 0.15) is 0 Å². The Morgan fingerprint density at radius 3 is 1.19 bits per heavy atom. The van der Waals surface area contributed by atoms with Crippen molar-refractivity contribution in [2.24, 2.45) is 0 Å². The maximum absolute atomic E-state index is 2.54. The van der Waals surface area contributed by atoms with Crippen molar-refractivity contribution < 1.29 is 0 Å². The van der Waals surface area contributed by atoms with Crippen LogP contribution in [-0.2, 0) is 0 Å². The van der Waals surface area contributed by atoms with Gasteiger partial charge in [-0.25, -0.2) is 0 Å². The van der Waals surface area contributed by atoms with Crippen LogP contribution in [0.3, 0.4) is 0 Å². The lowest BCUT2D eigenvalue weighted by Crippen LogP contribution is -2.00. The summed E-state index contributed by atoms with van der Waals surface area (Å²) >= 11 is 0. The van der Waals surface area contributed by atoms with E-state index in [0.29, 0.717) is 11.8 Å². The summed E-state index contributed by atoms with van der Waals surface area (Å²) in [5.74, 6) is 1.08. The first-order chi connectivity index (χ1) is 15.8. The van der Waals surface area contributed by atoms with E-state index in [4.69, 9.17) is 0 Å². The average Bonchev–Trinajstić information content (AvgIpc) is 2.84. The van der Waals surface area contributed by atoms with E-state index in [9.17, 15) is 0 Å². The number of rotatable bonds is 18. The molecule has 0 aliphatic carbocycles. The zero-order valence-corrected chi connectivity index (χ0v) is 21.0. The molecule has 0 nitrogen and oxygen atoms in total. The van der Waals surface area contributed by atoms with Gasteiger partial charge < -0.3 is 0 Å². The lowest BCUT2D eigenvalue weighted by atomic mass is 9.88. The number of hydrogen-bond donors (Lipinski definition) is 0. The van der Waals surface area contributed by atoms with E-state index in [-0.39, 0.29) is 0 Å². The molecular weight excluding hydrogens is 384 g/mol. The highest BCUT2D eigenvalue weighted by Gasteiger charge is 2.11. The van der Waals surface area contributed by atoms with Gasteiger partial charge in [-0.2, -0.15) is 0 Å². The Kier molecular flexibility index (Phi) is 14.6. The number of allylic oxidation sites excluding steroid dienone is 2. The average molecular weight is 433 g/mol. The van der Waals surface area contributed by atoms with Gasteiger partial charge in [0.05, 0.1) is 0 Å². The quantitative estimate of drug-likeness (QED) is 0.162. The number of unbranched alkanes of at least 4 members (excludes halogenated alkanes) is 10. The van der Waals surface area contributed by atoms with Gasteiger partial charge in [-0.1, -0.05) is 164 Å². The fourth-order valence-corrected chi connectivity index (χ4v) is 4.71. The Morgan fingerprint density at radius 1 is 0.469 bits per heavy atom. The summed E-state index contributed by atoms with van der Waals surface area (Å²) in [5.41, 5.74) is 2.95. The first-order valence-corrected chi connectivity index (χ1v) is 13.6. The van der Waals surface area contributed by atoms with Crippen molar-refractivity contribution in [2.45, 2.75) is 116 Å². The van der Waals surface area contributed by atoms with Crippen LogP contribution in [0.5, 0.6) is 0 Å². The molecule has 0 amide bonds. The van der Waals surface area contributed by atoms with Crippen molar-refractivity contribution in [3.05, 3.63) is 83.9 Å².